The van der Waals surface area contributed by atoms with Crippen molar-refractivity contribution in [1.29, 1.82) is 0 Å². The summed E-state index contributed by atoms with van der Waals surface area (Å²) in [6.07, 6.45) is 2.02. The van der Waals surface area contributed by atoms with Crippen LogP contribution in [0.3, 0.4) is 0 Å². The number of imide groups is 1. The molecule has 0 bridgehead atoms. The van der Waals surface area contributed by atoms with Gasteiger partial charge in [0.25, 0.3) is 5.91 Å². The number of amides is 2. The first kappa shape index (κ1) is 21.2. The van der Waals surface area contributed by atoms with E-state index in [1.807, 2.05) is 24.4 Å². The van der Waals surface area contributed by atoms with E-state index in [1.165, 1.54) is 24.0 Å². The third-order valence-corrected chi connectivity index (χ3v) is 6.24. The lowest BCUT2D eigenvalue weighted by atomic mass is 9.84. The Labute approximate surface area is 189 Å². The molecule has 33 heavy (non-hydrogen) atoms. The van der Waals surface area contributed by atoms with Gasteiger partial charge in [0.05, 0.1) is 17.6 Å². The van der Waals surface area contributed by atoms with E-state index in [0.29, 0.717) is 16.8 Å². The Balaban J connectivity index is 1.78. The lowest BCUT2D eigenvalue weighted by Crippen LogP contribution is -2.33. The molecule has 0 fully saturated rings. The fraction of sp³-hybridized carbons (Fsp3) is 0.280. The highest BCUT2D eigenvalue weighted by molar-refractivity contribution is 6.11. The predicted molar refractivity (Wildman–Crippen MR) is 120 cm³/mol. The normalized spacial score (nSPS) is 17.6. The zero-order chi connectivity index (χ0) is 23.4. The molecule has 3 aromatic rings. The molecule has 170 valence electrons. The number of carbonyl (C=O) groups is 2. The molecule has 2 amide bonds. The molecule has 2 aromatic carbocycles. The van der Waals surface area contributed by atoms with E-state index in [2.05, 4.69) is 28.5 Å². The fourth-order valence-corrected chi connectivity index (χ4v) is 4.88. The van der Waals surface area contributed by atoms with Crippen molar-refractivity contribution in [3.8, 4) is 5.75 Å². The molecular formula is C25H23F2N3O3. The van der Waals surface area contributed by atoms with Gasteiger partial charge in [-0.1, -0.05) is 18.2 Å². The van der Waals surface area contributed by atoms with Gasteiger partial charge in [-0.2, -0.15) is 8.78 Å². The van der Waals surface area contributed by atoms with Crippen LogP contribution in [0.2, 0.25) is 0 Å². The zero-order valence-corrected chi connectivity index (χ0v) is 18.4. The molecule has 0 aliphatic carbocycles. The molecule has 8 heteroatoms. The summed E-state index contributed by atoms with van der Waals surface area (Å²) in [7, 11) is 0. The van der Waals surface area contributed by atoms with Crippen LogP contribution in [-0.4, -0.2) is 34.4 Å². The van der Waals surface area contributed by atoms with Crippen LogP contribution in [0.5, 0.6) is 5.75 Å². The molecule has 3 heterocycles. The van der Waals surface area contributed by atoms with E-state index in [-0.39, 0.29) is 30.2 Å². The Hall–Kier alpha value is -3.68. The van der Waals surface area contributed by atoms with Crippen LogP contribution in [0.1, 0.15) is 43.9 Å². The molecule has 2 aliphatic rings. The number of carbonyl (C=O) groups excluding carboxylic acids is 2. The second-order valence-electron chi connectivity index (χ2n) is 8.60. The summed E-state index contributed by atoms with van der Waals surface area (Å²) in [4.78, 5) is 26.8. The Morgan fingerprint density at radius 3 is 2.64 bits per heavy atom. The van der Waals surface area contributed by atoms with Crippen LogP contribution in [0.4, 0.5) is 14.5 Å². The van der Waals surface area contributed by atoms with Gasteiger partial charge >= 0.3 is 6.61 Å². The molecule has 6 nitrogen and oxygen atoms in total. The summed E-state index contributed by atoms with van der Waals surface area (Å²) in [6, 6.07) is 12.5. The molecule has 1 atom stereocenters. The summed E-state index contributed by atoms with van der Waals surface area (Å²) < 4.78 is 32.6. The molecule has 2 aliphatic heterocycles. The minimum absolute atomic E-state index is 0.0172. The number of hydrogen-bond donors (Lipinski definition) is 1. The van der Waals surface area contributed by atoms with Crippen molar-refractivity contribution in [2.75, 3.05) is 11.9 Å². The number of ether oxygens (including phenoxy) is 1. The van der Waals surface area contributed by atoms with Crippen LogP contribution >= 0.6 is 0 Å². The number of nitrogens with one attached hydrogen (secondary N) is 1. The van der Waals surface area contributed by atoms with E-state index in [4.69, 9.17) is 0 Å². The smallest absolute Gasteiger partial charge is 0.387 e. The van der Waals surface area contributed by atoms with Gasteiger partial charge in [0.1, 0.15) is 5.75 Å². The van der Waals surface area contributed by atoms with Crippen molar-refractivity contribution in [1.82, 2.24) is 9.47 Å². The van der Waals surface area contributed by atoms with Crippen LogP contribution in [0.15, 0.2) is 59.9 Å². The maximum absolute atomic E-state index is 13.4. The topological polar surface area (TPSA) is 63.6 Å². The molecular weight excluding hydrogens is 428 g/mol. The highest BCUT2D eigenvalue weighted by Crippen LogP contribution is 2.47. The third-order valence-electron chi connectivity index (χ3n) is 6.24. The lowest BCUT2D eigenvalue weighted by molar-refractivity contribution is -0.139. The van der Waals surface area contributed by atoms with Gasteiger partial charge in [0.2, 0.25) is 5.91 Å². The minimum atomic E-state index is -2.96. The third kappa shape index (κ3) is 3.37. The SMILES string of the molecule is CC(=O)N1CC2=C(C1=O)[C@H](c1cccc(OC(F)F)c1)c1cn(C(C)C)c3cccc(c13)N2. The zero-order valence-electron chi connectivity index (χ0n) is 18.4. The highest BCUT2D eigenvalue weighted by atomic mass is 19.3. The quantitative estimate of drug-likeness (QED) is 0.605. The predicted octanol–water partition coefficient (Wildman–Crippen LogP) is 5.02. The van der Waals surface area contributed by atoms with Crippen molar-refractivity contribution in [2.24, 2.45) is 0 Å². The van der Waals surface area contributed by atoms with Crippen molar-refractivity contribution in [3.63, 3.8) is 0 Å². The van der Waals surface area contributed by atoms with Gasteiger partial charge in [-0.05, 0) is 49.2 Å². The summed E-state index contributed by atoms with van der Waals surface area (Å²) in [5, 5.41) is 4.37. The second kappa shape index (κ2) is 7.72. The monoisotopic (exact) mass is 451 g/mol. The average Bonchev–Trinajstić information content (AvgIpc) is 3.24. The van der Waals surface area contributed by atoms with Crippen molar-refractivity contribution >= 4 is 28.4 Å². The van der Waals surface area contributed by atoms with Crippen LogP contribution in [0.25, 0.3) is 10.9 Å². The first-order valence-electron chi connectivity index (χ1n) is 10.8. The Morgan fingerprint density at radius 1 is 1.18 bits per heavy atom. The molecule has 0 spiro atoms. The van der Waals surface area contributed by atoms with Crippen LogP contribution in [-0.2, 0) is 9.59 Å². The maximum Gasteiger partial charge on any atom is 0.387 e. The minimum Gasteiger partial charge on any atom is -0.435 e. The van der Waals surface area contributed by atoms with Crippen LogP contribution in [0, 0.1) is 0 Å². The van der Waals surface area contributed by atoms with E-state index in [1.54, 1.807) is 12.1 Å². The molecule has 0 saturated heterocycles. The first-order valence-corrected chi connectivity index (χ1v) is 10.8. The first-order chi connectivity index (χ1) is 15.8. The summed E-state index contributed by atoms with van der Waals surface area (Å²) in [6.45, 7) is 2.69. The average molecular weight is 451 g/mol. The largest absolute Gasteiger partial charge is 0.435 e. The number of alkyl halides is 2. The number of nitrogens with zero attached hydrogens (tertiary/aromatic N) is 2. The van der Waals surface area contributed by atoms with E-state index in [0.717, 1.165) is 22.2 Å². The number of hydrogen-bond acceptors (Lipinski definition) is 4. The van der Waals surface area contributed by atoms with Gasteiger partial charge in [-0.3, -0.25) is 14.5 Å². The van der Waals surface area contributed by atoms with Gasteiger partial charge in [0.15, 0.2) is 0 Å². The highest BCUT2D eigenvalue weighted by Gasteiger charge is 2.41. The van der Waals surface area contributed by atoms with E-state index < -0.39 is 12.5 Å². The van der Waals surface area contributed by atoms with Gasteiger partial charge in [-0.25, -0.2) is 0 Å². The number of rotatable bonds is 4. The number of aromatic nitrogens is 1. The molecule has 0 radical (unpaired) electrons. The summed E-state index contributed by atoms with van der Waals surface area (Å²) in [5.74, 6) is -1.27. The maximum atomic E-state index is 13.4. The summed E-state index contributed by atoms with van der Waals surface area (Å²) in [5.41, 5.74) is 4.45. The number of benzene rings is 2. The van der Waals surface area contributed by atoms with Crippen molar-refractivity contribution in [2.45, 2.75) is 39.3 Å². The standard InChI is InChI=1S/C25H23F2N3O3/c1-13(2)29-11-17-21(15-6-4-7-16(10-15)33-25(26)27)23-19(12-30(14(3)31)24(23)32)28-18-8-5-9-20(29)22(17)18/h4-11,13,21,25,28H,12H2,1-3H3/t21-/m1/s1. The molecule has 1 N–H and O–H groups in total. The lowest BCUT2D eigenvalue weighted by Gasteiger charge is -2.20. The van der Waals surface area contributed by atoms with Gasteiger partial charge in [-0.15, -0.1) is 0 Å². The van der Waals surface area contributed by atoms with Crippen molar-refractivity contribution < 1.29 is 23.1 Å². The van der Waals surface area contributed by atoms with Gasteiger partial charge < -0.3 is 14.6 Å². The fourth-order valence-electron chi connectivity index (χ4n) is 4.88. The Bertz CT molecular complexity index is 1330. The second-order valence-corrected chi connectivity index (χ2v) is 8.60. The number of anilines is 1. The number of halogens is 2. The van der Waals surface area contributed by atoms with Crippen molar-refractivity contribution in [3.05, 3.63) is 71.1 Å². The molecule has 5 rings (SSSR count). The Morgan fingerprint density at radius 2 is 1.94 bits per heavy atom. The summed E-state index contributed by atoms with van der Waals surface area (Å²) >= 11 is 0. The Kier molecular flexibility index (Phi) is 4.96. The van der Waals surface area contributed by atoms with Crippen LogP contribution < -0.4 is 10.1 Å². The van der Waals surface area contributed by atoms with Gasteiger partial charge in [0, 0.05) is 41.9 Å². The van der Waals surface area contributed by atoms with E-state index >= 15 is 0 Å². The molecule has 1 aromatic heterocycles. The van der Waals surface area contributed by atoms with E-state index in [9.17, 15) is 18.4 Å². The molecule has 0 saturated carbocycles. The molecule has 0 unspecified atom stereocenters.